The number of carbonyl (C=O) groups excluding carboxylic acids is 1. The first-order valence-electron chi connectivity index (χ1n) is 6.48. The molecule has 0 aliphatic rings. The maximum Gasteiger partial charge on any atom is 0.455 e. The molecule has 0 aliphatic carbocycles. The summed E-state index contributed by atoms with van der Waals surface area (Å²) in [5.41, 5.74) is -0.110. The number of benzene rings is 2. The van der Waals surface area contributed by atoms with Crippen molar-refractivity contribution in [1.29, 1.82) is 0 Å². The van der Waals surface area contributed by atoms with Gasteiger partial charge in [0.15, 0.2) is 11.5 Å². The quantitative estimate of drug-likeness (QED) is 0.611. The monoisotopic (exact) mass is 328 g/mol. The van der Waals surface area contributed by atoms with Crippen molar-refractivity contribution in [2.24, 2.45) is 0 Å². The van der Waals surface area contributed by atoms with Crippen LogP contribution in [-0.2, 0) is 6.61 Å². The van der Waals surface area contributed by atoms with Gasteiger partial charge in [-0.15, -0.1) is 0 Å². The van der Waals surface area contributed by atoms with Crippen LogP contribution in [0.1, 0.15) is 15.9 Å². The summed E-state index contributed by atoms with van der Waals surface area (Å²) in [4.78, 5) is 11.5. The van der Waals surface area contributed by atoms with Gasteiger partial charge in [0.25, 0.3) is 5.78 Å². The smallest absolute Gasteiger partial charge is 0.455 e. The van der Waals surface area contributed by atoms with Crippen molar-refractivity contribution < 1.29 is 31.8 Å². The molecule has 122 valence electrons. The van der Waals surface area contributed by atoms with E-state index in [0.717, 1.165) is 6.07 Å². The molecule has 0 fully saturated rings. The van der Waals surface area contributed by atoms with Crippen molar-refractivity contribution in [3.05, 3.63) is 59.4 Å². The highest BCUT2D eigenvalue weighted by molar-refractivity contribution is 6.03. The Morgan fingerprint density at radius 1 is 1.09 bits per heavy atom. The molecule has 0 radical (unpaired) electrons. The molecule has 2 aromatic rings. The van der Waals surface area contributed by atoms with Crippen LogP contribution < -0.4 is 9.47 Å². The lowest BCUT2D eigenvalue weighted by atomic mass is 10.1. The summed E-state index contributed by atoms with van der Waals surface area (Å²) in [5.74, 6) is -2.77. The van der Waals surface area contributed by atoms with E-state index in [9.17, 15) is 22.4 Å². The van der Waals surface area contributed by atoms with Gasteiger partial charge in [-0.1, -0.05) is 18.2 Å². The lowest BCUT2D eigenvalue weighted by Gasteiger charge is -2.15. The van der Waals surface area contributed by atoms with Gasteiger partial charge >= 0.3 is 6.18 Å². The summed E-state index contributed by atoms with van der Waals surface area (Å²) in [7, 11) is 1.25. The van der Waals surface area contributed by atoms with Crippen molar-refractivity contribution >= 4 is 5.78 Å². The number of rotatable bonds is 5. The number of ketones is 1. The van der Waals surface area contributed by atoms with Crippen LogP contribution in [0.25, 0.3) is 0 Å². The summed E-state index contributed by atoms with van der Waals surface area (Å²) in [6, 6.07) is 8.91. The lowest BCUT2D eigenvalue weighted by Crippen LogP contribution is -2.23. The molecule has 2 rings (SSSR count). The second-order valence-corrected chi connectivity index (χ2v) is 4.58. The Morgan fingerprint density at radius 2 is 1.74 bits per heavy atom. The number of hydrogen-bond donors (Lipinski definition) is 0. The van der Waals surface area contributed by atoms with E-state index in [0.29, 0.717) is 5.56 Å². The van der Waals surface area contributed by atoms with Crippen LogP contribution in [0, 0.1) is 5.82 Å². The Labute approximate surface area is 129 Å². The van der Waals surface area contributed by atoms with E-state index in [1.165, 1.54) is 43.5 Å². The Hall–Kier alpha value is -2.57. The molecule has 0 spiro atoms. The maximum atomic E-state index is 12.8. The molecular formula is C16H12F4O3. The number of methoxy groups -OCH3 is 1. The highest BCUT2D eigenvalue weighted by Gasteiger charge is 2.41. The fourth-order valence-corrected chi connectivity index (χ4v) is 1.89. The third-order valence-corrected chi connectivity index (χ3v) is 3.00. The number of halogens is 4. The third-order valence-electron chi connectivity index (χ3n) is 3.00. The van der Waals surface area contributed by atoms with Crippen LogP contribution in [0.2, 0.25) is 0 Å². The van der Waals surface area contributed by atoms with E-state index in [2.05, 4.69) is 0 Å². The zero-order valence-electron chi connectivity index (χ0n) is 12.0. The van der Waals surface area contributed by atoms with Crippen molar-refractivity contribution in [3.63, 3.8) is 0 Å². The highest BCUT2D eigenvalue weighted by Crippen LogP contribution is 2.35. The average Bonchev–Trinajstić information content (AvgIpc) is 2.52. The largest absolute Gasteiger partial charge is 0.493 e. The maximum absolute atomic E-state index is 12.8. The zero-order valence-corrected chi connectivity index (χ0v) is 12.0. The fourth-order valence-electron chi connectivity index (χ4n) is 1.89. The fraction of sp³-hybridized carbons (Fsp3) is 0.188. The Bertz CT molecular complexity index is 693. The standard InChI is InChI=1S/C16H12F4O3/c1-22-13-4-2-3-12(15(21)16(18,19)20)14(13)23-9-10-5-7-11(17)8-6-10/h2-8H,9H2,1H3. The second kappa shape index (κ2) is 6.68. The molecule has 0 saturated carbocycles. The van der Waals surface area contributed by atoms with Gasteiger partial charge in [0.1, 0.15) is 12.4 Å². The summed E-state index contributed by atoms with van der Waals surface area (Å²) >= 11 is 0. The van der Waals surface area contributed by atoms with Gasteiger partial charge in [-0.2, -0.15) is 13.2 Å². The second-order valence-electron chi connectivity index (χ2n) is 4.58. The number of carbonyl (C=O) groups is 1. The van der Waals surface area contributed by atoms with Crippen molar-refractivity contribution in [3.8, 4) is 11.5 Å². The summed E-state index contributed by atoms with van der Waals surface area (Å²) in [6.07, 6.45) is -5.03. The third kappa shape index (κ3) is 4.00. The van der Waals surface area contributed by atoms with Crippen molar-refractivity contribution in [2.75, 3.05) is 7.11 Å². The van der Waals surface area contributed by atoms with E-state index in [4.69, 9.17) is 9.47 Å². The minimum atomic E-state index is -5.03. The first-order valence-corrected chi connectivity index (χ1v) is 6.48. The van der Waals surface area contributed by atoms with Crippen LogP contribution in [0.4, 0.5) is 17.6 Å². The Morgan fingerprint density at radius 3 is 2.30 bits per heavy atom. The first kappa shape index (κ1) is 16.8. The predicted octanol–water partition coefficient (Wildman–Crippen LogP) is 4.16. The molecule has 0 bridgehead atoms. The van der Waals surface area contributed by atoms with E-state index in [1.54, 1.807) is 0 Å². The average molecular weight is 328 g/mol. The predicted molar refractivity (Wildman–Crippen MR) is 74.1 cm³/mol. The SMILES string of the molecule is COc1cccc(C(=O)C(F)(F)F)c1OCc1ccc(F)cc1. The number of hydrogen-bond acceptors (Lipinski definition) is 3. The molecule has 0 unspecified atom stereocenters. The number of ether oxygens (including phenoxy) is 2. The number of para-hydroxylation sites is 1. The molecule has 0 atom stereocenters. The van der Waals surface area contributed by atoms with Gasteiger partial charge < -0.3 is 9.47 Å². The van der Waals surface area contributed by atoms with Crippen LogP contribution >= 0.6 is 0 Å². The first-order chi connectivity index (χ1) is 10.8. The van der Waals surface area contributed by atoms with Crippen LogP contribution in [0.5, 0.6) is 11.5 Å². The summed E-state index contributed by atoms with van der Waals surface area (Å²) < 4.78 is 61.1. The van der Waals surface area contributed by atoms with Crippen molar-refractivity contribution in [2.45, 2.75) is 12.8 Å². The van der Waals surface area contributed by atoms with Gasteiger partial charge in [0.05, 0.1) is 12.7 Å². The lowest BCUT2D eigenvalue weighted by molar-refractivity contribution is -0.0887. The molecule has 7 heteroatoms. The van der Waals surface area contributed by atoms with Crippen LogP contribution in [0.3, 0.4) is 0 Å². The molecule has 0 aliphatic heterocycles. The molecular weight excluding hydrogens is 316 g/mol. The highest BCUT2D eigenvalue weighted by atomic mass is 19.4. The Kier molecular flexibility index (Phi) is 4.88. The molecule has 0 aromatic heterocycles. The van der Waals surface area contributed by atoms with Gasteiger partial charge in [-0.05, 0) is 29.8 Å². The topological polar surface area (TPSA) is 35.5 Å². The van der Waals surface area contributed by atoms with E-state index >= 15 is 0 Å². The van der Waals surface area contributed by atoms with Crippen LogP contribution in [-0.4, -0.2) is 19.1 Å². The van der Waals surface area contributed by atoms with Crippen LogP contribution in [0.15, 0.2) is 42.5 Å². The molecule has 0 N–H and O–H groups in total. The molecule has 0 heterocycles. The minimum absolute atomic E-state index is 0.00205. The molecule has 23 heavy (non-hydrogen) atoms. The zero-order chi connectivity index (χ0) is 17.0. The van der Waals surface area contributed by atoms with Gasteiger partial charge in [-0.3, -0.25) is 4.79 Å². The van der Waals surface area contributed by atoms with E-state index in [1.807, 2.05) is 0 Å². The van der Waals surface area contributed by atoms with E-state index in [-0.39, 0.29) is 18.1 Å². The normalized spacial score (nSPS) is 11.2. The Balaban J connectivity index is 2.32. The van der Waals surface area contributed by atoms with Gasteiger partial charge in [0, 0.05) is 0 Å². The summed E-state index contributed by atoms with van der Waals surface area (Å²) in [6.45, 7) is -0.140. The molecule has 3 nitrogen and oxygen atoms in total. The molecule has 0 amide bonds. The van der Waals surface area contributed by atoms with E-state index < -0.39 is 23.3 Å². The minimum Gasteiger partial charge on any atom is -0.493 e. The molecule has 2 aromatic carbocycles. The summed E-state index contributed by atoms with van der Waals surface area (Å²) in [5, 5.41) is 0. The van der Waals surface area contributed by atoms with Gasteiger partial charge in [-0.25, -0.2) is 4.39 Å². The number of Topliss-reactive ketones (excluding diaryl/α,β-unsaturated/α-hetero) is 1. The van der Waals surface area contributed by atoms with Gasteiger partial charge in [0.2, 0.25) is 0 Å². The van der Waals surface area contributed by atoms with Crippen molar-refractivity contribution in [1.82, 2.24) is 0 Å². The molecule has 0 saturated heterocycles. The number of alkyl halides is 3.